The second-order valence-electron chi connectivity index (χ2n) is 7.30. The van der Waals surface area contributed by atoms with Crippen molar-refractivity contribution in [3.8, 4) is 0 Å². The van der Waals surface area contributed by atoms with Crippen molar-refractivity contribution in [2.24, 2.45) is 0 Å². The second-order valence-corrected chi connectivity index (χ2v) is 7.30. The first-order chi connectivity index (χ1) is 12.5. The van der Waals surface area contributed by atoms with Crippen LogP contribution in [-0.2, 0) is 13.1 Å². The number of aliphatic hydroxyl groups is 1. The third kappa shape index (κ3) is 3.32. The van der Waals surface area contributed by atoms with Crippen LogP contribution in [0.1, 0.15) is 29.5 Å². The van der Waals surface area contributed by atoms with Crippen molar-refractivity contribution in [2.75, 3.05) is 32.1 Å². The summed E-state index contributed by atoms with van der Waals surface area (Å²) in [6, 6.07) is 8.70. The van der Waals surface area contributed by atoms with Gasteiger partial charge in [0.25, 0.3) is 6.01 Å². The Morgan fingerprint density at radius 2 is 2.12 bits per heavy atom. The maximum absolute atomic E-state index is 10.4. The number of benzene rings is 1. The monoisotopic (exact) mass is 355 g/mol. The summed E-state index contributed by atoms with van der Waals surface area (Å²) in [5, 5.41) is 15.0. The lowest BCUT2D eigenvalue weighted by Gasteiger charge is -2.17. The van der Waals surface area contributed by atoms with Crippen molar-refractivity contribution in [1.82, 2.24) is 19.7 Å². The second kappa shape index (κ2) is 6.74. The predicted octanol–water partition coefficient (Wildman–Crippen LogP) is 2.34. The zero-order valence-corrected chi connectivity index (χ0v) is 15.5. The van der Waals surface area contributed by atoms with Crippen molar-refractivity contribution in [3.63, 3.8) is 0 Å². The normalized spacial score (nSPS) is 16.1. The fourth-order valence-electron chi connectivity index (χ4n) is 3.41. The van der Waals surface area contributed by atoms with E-state index in [0.29, 0.717) is 19.1 Å². The minimum Gasteiger partial charge on any atom is -0.423 e. The molecule has 0 aliphatic carbocycles. The summed E-state index contributed by atoms with van der Waals surface area (Å²) in [4.78, 5) is 8.78. The third-order valence-corrected chi connectivity index (χ3v) is 4.71. The van der Waals surface area contributed by atoms with Gasteiger partial charge in [0, 0.05) is 19.6 Å². The molecule has 1 N–H and O–H groups in total. The summed E-state index contributed by atoms with van der Waals surface area (Å²) >= 11 is 0. The van der Waals surface area contributed by atoms with Crippen LogP contribution in [0.15, 0.2) is 28.7 Å². The highest BCUT2D eigenvalue weighted by Gasteiger charge is 2.22. The van der Waals surface area contributed by atoms with Crippen LogP contribution in [0, 0.1) is 6.92 Å². The summed E-state index contributed by atoms with van der Waals surface area (Å²) in [6.07, 6.45) is 0.375. The summed E-state index contributed by atoms with van der Waals surface area (Å²) in [5.74, 6) is 0. The van der Waals surface area contributed by atoms with Crippen molar-refractivity contribution in [2.45, 2.75) is 32.5 Å². The number of anilines is 1. The Morgan fingerprint density at radius 1 is 1.27 bits per heavy atom. The Balaban J connectivity index is 1.59. The molecule has 0 radical (unpaired) electrons. The lowest BCUT2D eigenvalue weighted by Crippen LogP contribution is -2.23. The van der Waals surface area contributed by atoms with Gasteiger partial charge in [-0.2, -0.15) is 10.1 Å². The molecule has 0 spiro atoms. The van der Waals surface area contributed by atoms with Crippen LogP contribution < -0.4 is 4.90 Å². The van der Waals surface area contributed by atoms with E-state index in [-0.39, 0.29) is 0 Å². The Labute approximate surface area is 152 Å². The van der Waals surface area contributed by atoms with Gasteiger partial charge in [-0.3, -0.25) is 4.68 Å². The van der Waals surface area contributed by atoms with Gasteiger partial charge in [-0.1, -0.05) is 6.07 Å². The zero-order valence-electron chi connectivity index (χ0n) is 15.5. The molecule has 1 aliphatic rings. The Hall–Kier alpha value is -2.38. The third-order valence-electron chi connectivity index (χ3n) is 4.71. The van der Waals surface area contributed by atoms with E-state index < -0.39 is 6.10 Å². The molecule has 1 aliphatic heterocycles. The lowest BCUT2D eigenvalue weighted by atomic mass is 10.2. The number of nitrogens with zero attached hydrogens (tertiary/aromatic N) is 5. The number of aryl methyl sites for hydroxylation is 2. The molecule has 0 bridgehead atoms. The summed E-state index contributed by atoms with van der Waals surface area (Å²) in [6.45, 7) is 4.99. The molecular weight excluding hydrogens is 330 g/mol. The number of hydrogen-bond acceptors (Lipinski definition) is 6. The van der Waals surface area contributed by atoms with Gasteiger partial charge in [0.2, 0.25) is 0 Å². The molecule has 7 heteroatoms. The van der Waals surface area contributed by atoms with Crippen molar-refractivity contribution < 1.29 is 9.52 Å². The molecule has 4 rings (SSSR count). The molecule has 2 aromatic heterocycles. The molecule has 3 heterocycles. The number of likely N-dealkylation sites (N-methyl/N-ethyl adjacent to an activating group) is 1. The SMILES string of the molecule is Cc1ccc2oc(N3CCCn4nc([C@@H](O)CN(C)C)cc4C3)nc2c1. The van der Waals surface area contributed by atoms with Gasteiger partial charge in [-0.15, -0.1) is 0 Å². The summed E-state index contributed by atoms with van der Waals surface area (Å²) in [5.41, 5.74) is 4.67. The minimum atomic E-state index is -0.579. The molecule has 0 saturated carbocycles. The molecular formula is C19H25N5O2. The quantitative estimate of drug-likeness (QED) is 0.775. The number of hydrogen-bond donors (Lipinski definition) is 1. The van der Waals surface area contributed by atoms with E-state index in [2.05, 4.69) is 21.9 Å². The maximum atomic E-state index is 10.4. The Morgan fingerprint density at radius 3 is 2.92 bits per heavy atom. The van der Waals surface area contributed by atoms with Crippen LogP contribution in [0.2, 0.25) is 0 Å². The fourth-order valence-corrected chi connectivity index (χ4v) is 3.41. The maximum Gasteiger partial charge on any atom is 0.298 e. The van der Waals surface area contributed by atoms with Crippen LogP contribution in [0.3, 0.4) is 0 Å². The van der Waals surface area contributed by atoms with Crippen LogP contribution >= 0.6 is 0 Å². The number of oxazole rings is 1. The van der Waals surface area contributed by atoms with Gasteiger partial charge in [0.1, 0.15) is 11.6 Å². The minimum absolute atomic E-state index is 0.560. The Kier molecular flexibility index (Phi) is 4.42. The molecule has 1 aromatic carbocycles. The van der Waals surface area contributed by atoms with Crippen molar-refractivity contribution in [1.29, 1.82) is 0 Å². The largest absolute Gasteiger partial charge is 0.423 e. The van der Waals surface area contributed by atoms with Crippen molar-refractivity contribution >= 4 is 17.1 Å². The van der Waals surface area contributed by atoms with E-state index in [1.165, 1.54) is 5.56 Å². The highest BCUT2D eigenvalue weighted by atomic mass is 16.4. The average molecular weight is 355 g/mol. The lowest BCUT2D eigenvalue weighted by molar-refractivity contribution is 0.133. The number of fused-ring (bicyclic) bond motifs is 2. The van der Waals surface area contributed by atoms with E-state index in [4.69, 9.17) is 4.42 Å². The van der Waals surface area contributed by atoms with Gasteiger partial charge >= 0.3 is 0 Å². The van der Waals surface area contributed by atoms with Gasteiger partial charge in [0.15, 0.2) is 5.58 Å². The molecule has 138 valence electrons. The first-order valence-corrected chi connectivity index (χ1v) is 9.01. The molecule has 0 saturated heterocycles. The number of aromatic nitrogens is 3. The molecule has 1 atom stereocenters. The summed E-state index contributed by atoms with van der Waals surface area (Å²) < 4.78 is 7.97. The van der Waals surface area contributed by atoms with E-state index in [1.54, 1.807) is 0 Å². The topological polar surface area (TPSA) is 70.6 Å². The highest BCUT2D eigenvalue weighted by Crippen LogP contribution is 2.26. The van der Waals surface area contributed by atoms with E-state index in [0.717, 1.165) is 42.0 Å². The van der Waals surface area contributed by atoms with E-state index >= 15 is 0 Å². The van der Waals surface area contributed by atoms with E-state index in [9.17, 15) is 5.11 Å². The Bertz CT molecular complexity index is 914. The van der Waals surface area contributed by atoms with Gasteiger partial charge in [-0.05, 0) is 51.2 Å². The van der Waals surface area contributed by atoms with Crippen LogP contribution in [0.5, 0.6) is 0 Å². The molecule has 3 aromatic rings. The van der Waals surface area contributed by atoms with E-state index in [1.807, 2.05) is 47.9 Å². The van der Waals surface area contributed by atoms with Crippen molar-refractivity contribution in [3.05, 3.63) is 41.2 Å². The zero-order chi connectivity index (χ0) is 18.3. The smallest absolute Gasteiger partial charge is 0.298 e. The standard InChI is InChI=1S/C19H25N5O2/c1-13-5-6-18-16(9-13)20-19(26-18)23-7-4-8-24-14(11-23)10-15(21-24)17(25)12-22(2)3/h5-6,9-10,17,25H,4,7-8,11-12H2,1-3H3/t17-/m0/s1. The van der Waals surface area contributed by atoms with Gasteiger partial charge in [0.05, 0.1) is 17.9 Å². The number of rotatable bonds is 4. The predicted molar refractivity (Wildman–Crippen MR) is 100 cm³/mol. The molecule has 0 unspecified atom stereocenters. The highest BCUT2D eigenvalue weighted by molar-refractivity contribution is 5.75. The first-order valence-electron chi connectivity index (χ1n) is 9.01. The van der Waals surface area contributed by atoms with Crippen LogP contribution in [0.25, 0.3) is 11.1 Å². The fraction of sp³-hybridized carbons (Fsp3) is 0.474. The summed E-state index contributed by atoms with van der Waals surface area (Å²) in [7, 11) is 3.89. The molecule has 26 heavy (non-hydrogen) atoms. The number of aliphatic hydroxyl groups excluding tert-OH is 1. The van der Waals surface area contributed by atoms with Crippen LogP contribution in [-0.4, -0.2) is 52.0 Å². The molecule has 7 nitrogen and oxygen atoms in total. The first kappa shape index (κ1) is 17.1. The average Bonchev–Trinajstić information content (AvgIpc) is 3.12. The van der Waals surface area contributed by atoms with Crippen LogP contribution in [0.4, 0.5) is 6.01 Å². The molecule has 0 fully saturated rings. The van der Waals surface area contributed by atoms with Gasteiger partial charge < -0.3 is 19.3 Å². The van der Waals surface area contributed by atoms with Gasteiger partial charge in [-0.25, -0.2) is 0 Å². The molecule has 0 amide bonds.